The Kier molecular flexibility index (Phi) is 3.57. The van der Waals surface area contributed by atoms with Crippen LogP contribution in [-0.4, -0.2) is 6.61 Å². The van der Waals surface area contributed by atoms with Gasteiger partial charge in [-0.05, 0) is 18.4 Å². The molecule has 0 unspecified atom stereocenters. The van der Waals surface area contributed by atoms with Gasteiger partial charge in [-0.1, -0.05) is 45.5 Å². The van der Waals surface area contributed by atoms with Crippen molar-refractivity contribution >= 4 is 0 Å². The van der Waals surface area contributed by atoms with Gasteiger partial charge in [-0.2, -0.15) is 0 Å². The van der Waals surface area contributed by atoms with Crippen LogP contribution >= 0.6 is 0 Å². The van der Waals surface area contributed by atoms with Crippen LogP contribution in [0.1, 0.15) is 38.8 Å². The minimum Gasteiger partial charge on any atom is -0.493 e. The van der Waals surface area contributed by atoms with Crippen LogP contribution in [0.3, 0.4) is 0 Å². The molecular formula is C14H19O. The molecule has 1 radical (unpaired) electrons. The molecule has 1 nitrogen and oxygen atoms in total. The third-order valence-electron chi connectivity index (χ3n) is 2.30. The highest BCUT2D eigenvalue weighted by Gasteiger charge is 2.20. The fourth-order valence-corrected chi connectivity index (χ4v) is 1.57. The predicted octanol–water partition coefficient (Wildman–Crippen LogP) is 3.72. The molecule has 1 heteroatoms. The number of benzene rings is 1. The van der Waals surface area contributed by atoms with Crippen LogP contribution in [0.4, 0.5) is 0 Å². The molecule has 1 aromatic carbocycles. The first kappa shape index (κ1) is 11.8. The fraction of sp³-hybridized carbons (Fsp3) is 0.429. The third-order valence-corrected chi connectivity index (χ3v) is 2.30. The van der Waals surface area contributed by atoms with Gasteiger partial charge in [-0.25, -0.2) is 0 Å². The first-order chi connectivity index (χ1) is 7.00. The van der Waals surface area contributed by atoms with Gasteiger partial charge in [-0.15, -0.1) is 0 Å². The summed E-state index contributed by atoms with van der Waals surface area (Å²) in [5.41, 5.74) is 2.24. The van der Waals surface area contributed by atoms with Crippen LogP contribution in [0.25, 0.3) is 0 Å². The second-order valence-corrected chi connectivity index (χ2v) is 4.54. The Labute approximate surface area is 92.8 Å². The maximum absolute atomic E-state index is 5.68. The molecular weight excluding hydrogens is 184 g/mol. The zero-order valence-electron chi connectivity index (χ0n) is 10.1. The van der Waals surface area contributed by atoms with E-state index in [9.17, 15) is 0 Å². The minimum absolute atomic E-state index is 0.0807. The molecule has 0 aliphatic rings. The van der Waals surface area contributed by atoms with Crippen molar-refractivity contribution in [3.63, 3.8) is 0 Å². The van der Waals surface area contributed by atoms with Gasteiger partial charge >= 0.3 is 0 Å². The normalized spacial score (nSPS) is 11.2. The van der Waals surface area contributed by atoms with Crippen LogP contribution in [0.5, 0.6) is 5.75 Å². The van der Waals surface area contributed by atoms with Crippen molar-refractivity contribution in [2.45, 2.75) is 33.1 Å². The lowest BCUT2D eigenvalue weighted by Crippen LogP contribution is -2.14. The number of para-hydroxylation sites is 1. The summed E-state index contributed by atoms with van der Waals surface area (Å²) in [7, 11) is 0. The van der Waals surface area contributed by atoms with Gasteiger partial charge in [0.1, 0.15) is 5.75 Å². The Hall–Kier alpha value is -1.24. The largest absolute Gasteiger partial charge is 0.493 e. The van der Waals surface area contributed by atoms with Gasteiger partial charge in [0.25, 0.3) is 0 Å². The quantitative estimate of drug-likeness (QED) is 0.727. The minimum atomic E-state index is 0.0807. The second-order valence-electron chi connectivity index (χ2n) is 4.54. The number of hydrogen-bond donors (Lipinski definition) is 0. The van der Waals surface area contributed by atoms with E-state index in [-0.39, 0.29) is 5.41 Å². The van der Waals surface area contributed by atoms with E-state index in [1.54, 1.807) is 0 Å². The van der Waals surface area contributed by atoms with E-state index in [4.69, 9.17) is 4.74 Å². The molecule has 0 spiro atoms. The molecule has 0 saturated heterocycles. The maximum atomic E-state index is 5.68. The van der Waals surface area contributed by atoms with Crippen LogP contribution in [0.2, 0.25) is 0 Å². The molecule has 0 atom stereocenters. The van der Waals surface area contributed by atoms with Gasteiger partial charge in [-0.3, -0.25) is 0 Å². The summed E-state index contributed by atoms with van der Waals surface area (Å²) in [6.07, 6.45) is 2.92. The Morgan fingerprint density at radius 3 is 2.47 bits per heavy atom. The molecule has 0 bridgehead atoms. The van der Waals surface area contributed by atoms with Crippen LogP contribution in [0.15, 0.2) is 24.8 Å². The molecule has 1 aromatic rings. The van der Waals surface area contributed by atoms with Gasteiger partial charge in [0.05, 0.1) is 6.61 Å². The van der Waals surface area contributed by atoms with E-state index in [0.29, 0.717) is 6.61 Å². The molecule has 0 heterocycles. The van der Waals surface area contributed by atoms with Crippen molar-refractivity contribution in [2.24, 2.45) is 0 Å². The standard InChI is InChI=1S/C14H19O/c1-6-11-9-8-10-12(14(3,4)5)13(11)15-7-2/h8-10H,1,7H2,2-5H3. The average Bonchev–Trinajstić information content (AvgIpc) is 2.17. The van der Waals surface area contributed by atoms with Crippen LogP contribution < -0.4 is 4.74 Å². The van der Waals surface area contributed by atoms with E-state index < -0.39 is 0 Å². The molecule has 15 heavy (non-hydrogen) atoms. The van der Waals surface area contributed by atoms with Gasteiger partial charge in [0.2, 0.25) is 0 Å². The summed E-state index contributed by atoms with van der Waals surface area (Å²) in [6.45, 7) is 12.9. The lowest BCUT2D eigenvalue weighted by molar-refractivity contribution is 0.328. The SMILES string of the molecule is C=[C]c1cccc(C(C)(C)C)c1OCC. The van der Waals surface area contributed by atoms with Gasteiger partial charge in [0, 0.05) is 11.1 Å². The number of hydrogen-bond acceptors (Lipinski definition) is 1. The Morgan fingerprint density at radius 2 is 2.00 bits per heavy atom. The topological polar surface area (TPSA) is 9.23 Å². The number of ether oxygens (including phenoxy) is 1. The maximum Gasteiger partial charge on any atom is 0.130 e. The van der Waals surface area contributed by atoms with Gasteiger partial charge < -0.3 is 4.74 Å². The van der Waals surface area contributed by atoms with E-state index in [2.05, 4.69) is 39.5 Å². The highest BCUT2D eigenvalue weighted by Crippen LogP contribution is 2.34. The lowest BCUT2D eigenvalue weighted by atomic mass is 9.85. The number of rotatable bonds is 3. The van der Waals surface area contributed by atoms with E-state index in [0.717, 1.165) is 11.3 Å². The summed E-state index contributed by atoms with van der Waals surface area (Å²) in [4.78, 5) is 0. The molecule has 0 N–H and O–H groups in total. The van der Waals surface area contributed by atoms with Crippen molar-refractivity contribution in [3.8, 4) is 5.75 Å². The molecule has 0 saturated carbocycles. The first-order valence-electron chi connectivity index (χ1n) is 5.30. The summed E-state index contributed by atoms with van der Waals surface area (Å²) >= 11 is 0. The van der Waals surface area contributed by atoms with E-state index in [1.165, 1.54) is 5.56 Å². The van der Waals surface area contributed by atoms with Crippen molar-refractivity contribution in [1.29, 1.82) is 0 Å². The second kappa shape index (κ2) is 4.52. The molecule has 1 rings (SSSR count). The lowest BCUT2D eigenvalue weighted by Gasteiger charge is -2.23. The molecule has 81 valence electrons. The Bertz CT molecular complexity index is 345. The molecule has 0 aromatic heterocycles. The Balaban J connectivity index is 3.31. The summed E-state index contributed by atoms with van der Waals surface area (Å²) < 4.78 is 5.68. The molecule has 0 fully saturated rings. The average molecular weight is 203 g/mol. The van der Waals surface area contributed by atoms with E-state index >= 15 is 0 Å². The first-order valence-corrected chi connectivity index (χ1v) is 5.30. The highest BCUT2D eigenvalue weighted by molar-refractivity contribution is 5.47. The van der Waals surface area contributed by atoms with Gasteiger partial charge in [0.15, 0.2) is 0 Å². The molecule has 0 amide bonds. The predicted molar refractivity (Wildman–Crippen MR) is 64.3 cm³/mol. The zero-order chi connectivity index (χ0) is 11.5. The van der Waals surface area contributed by atoms with Crippen LogP contribution in [-0.2, 0) is 5.41 Å². The van der Waals surface area contributed by atoms with Crippen LogP contribution in [0, 0.1) is 6.08 Å². The van der Waals surface area contributed by atoms with Crippen molar-refractivity contribution in [3.05, 3.63) is 42.0 Å². The Morgan fingerprint density at radius 1 is 1.33 bits per heavy atom. The van der Waals surface area contributed by atoms with Crippen molar-refractivity contribution in [2.75, 3.05) is 6.61 Å². The van der Waals surface area contributed by atoms with Crippen molar-refractivity contribution < 1.29 is 4.74 Å². The third kappa shape index (κ3) is 2.62. The highest BCUT2D eigenvalue weighted by atomic mass is 16.5. The summed E-state index contributed by atoms with van der Waals surface area (Å²) in [5.74, 6) is 0.919. The molecule has 0 aliphatic carbocycles. The zero-order valence-corrected chi connectivity index (χ0v) is 10.1. The molecule has 0 aliphatic heterocycles. The monoisotopic (exact) mass is 203 g/mol. The summed E-state index contributed by atoms with van der Waals surface area (Å²) in [5, 5.41) is 0. The fourth-order valence-electron chi connectivity index (χ4n) is 1.57. The smallest absolute Gasteiger partial charge is 0.130 e. The summed E-state index contributed by atoms with van der Waals surface area (Å²) in [6, 6.07) is 6.11. The van der Waals surface area contributed by atoms with Crippen molar-refractivity contribution in [1.82, 2.24) is 0 Å². The van der Waals surface area contributed by atoms with E-state index in [1.807, 2.05) is 19.1 Å².